The first-order valence-electron chi connectivity index (χ1n) is 5.58. The Morgan fingerprint density at radius 1 is 1.63 bits per heavy atom. The lowest BCUT2D eigenvalue weighted by Gasteiger charge is -2.00. The molecule has 2 aromatic heterocycles. The van der Waals surface area contributed by atoms with Gasteiger partial charge in [0.05, 0.1) is 12.0 Å². The van der Waals surface area contributed by atoms with Gasteiger partial charge in [-0.1, -0.05) is 5.16 Å². The summed E-state index contributed by atoms with van der Waals surface area (Å²) < 4.78 is 10.6. The van der Waals surface area contributed by atoms with E-state index in [1.807, 2.05) is 11.4 Å². The number of rotatable bonds is 5. The minimum Gasteiger partial charge on any atom is -0.453 e. The van der Waals surface area contributed by atoms with Crippen molar-refractivity contribution in [1.29, 1.82) is 0 Å². The first kappa shape index (κ1) is 14.0. The van der Waals surface area contributed by atoms with E-state index in [0.29, 0.717) is 31.1 Å². The van der Waals surface area contributed by atoms with Gasteiger partial charge in [-0.05, 0) is 28.4 Å². The highest BCUT2D eigenvalue weighted by Gasteiger charge is 2.10. The Kier molecular flexibility index (Phi) is 4.92. The van der Waals surface area contributed by atoms with Gasteiger partial charge in [-0.15, -0.1) is 11.3 Å². The van der Waals surface area contributed by atoms with E-state index in [-0.39, 0.29) is 0 Å². The molecule has 0 aromatic carbocycles. The summed E-state index contributed by atoms with van der Waals surface area (Å²) in [6.07, 6.45) is 0.892. The van der Waals surface area contributed by atoms with E-state index in [1.54, 1.807) is 11.3 Å². The van der Waals surface area contributed by atoms with Crippen molar-refractivity contribution in [2.45, 2.75) is 12.8 Å². The third kappa shape index (κ3) is 4.03. The summed E-state index contributed by atoms with van der Waals surface area (Å²) in [4.78, 5) is 16.1. The number of nitrogens with zero attached hydrogens (tertiary/aromatic N) is 2. The lowest BCUT2D eigenvalue weighted by Crippen LogP contribution is -2.24. The Morgan fingerprint density at radius 2 is 2.47 bits per heavy atom. The van der Waals surface area contributed by atoms with Crippen LogP contribution >= 0.6 is 27.3 Å². The zero-order valence-corrected chi connectivity index (χ0v) is 12.6. The molecule has 2 heterocycles. The van der Waals surface area contributed by atoms with Crippen molar-refractivity contribution in [3.8, 4) is 10.7 Å². The number of aromatic nitrogens is 2. The van der Waals surface area contributed by atoms with Crippen molar-refractivity contribution in [2.75, 3.05) is 13.7 Å². The number of halogens is 1. The van der Waals surface area contributed by atoms with Gasteiger partial charge in [0.25, 0.3) is 0 Å². The maximum absolute atomic E-state index is 10.8. The third-order valence-corrected chi connectivity index (χ3v) is 3.97. The number of hydrogen-bond donors (Lipinski definition) is 1. The minimum atomic E-state index is -0.436. The number of aryl methyl sites for hydroxylation is 1. The van der Waals surface area contributed by atoms with Gasteiger partial charge >= 0.3 is 6.09 Å². The molecule has 2 aromatic rings. The molecular formula is C11H12BrN3O3S. The number of methoxy groups -OCH3 is 1. The molecule has 6 nitrogen and oxygen atoms in total. The number of amides is 1. The number of hydrogen-bond acceptors (Lipinski definition) is 6. The topological polar surface area (TPSA) is 77.2 Å². The van der Waals surface area contributed by atoms with Crippen LogP contribution in [-0.4, -0.2) is 29.9 Å². The van der Waals surface area contributed by atoms with Crippen LogP contribution in [0.15, 0.2) is 20.4 Å². The van der Waals surface area contributed by atoms with Crippen LogP contribution in [0, 0.1) is 0 Å². The quantitative estimate of drug-likeness (QED) is 0.843. The Balaban J connectivity index is 1.83. The molecule has 0 atom stereocenters. The van der Waals surface area contributed by atoms with E-state index in [1.165, 1.54) is 7.11 Å². The van der Waals surface area contributed by atoms with Crippen LogP contribution in [0.3, 0.4) is 0 Å². The monoisotopic (exact) mass is 345 g/mol. The molecular weight excluding hydrogens is 334 g/mol. The number of carbonyl (C=O) groups excluding carboxylic acids is 1. The van der Waals surface area contributed by atoms with Crippen molar-refractivity contribution < 1.29 is 14.1 Å². The molecule has 0 saturated heterocycles. The van der Waals surface area contributed by atoms with Crippen LogP contribution in [0.25, 0.3) is 10.7 Å². The zero-order valence-electron chi connectivity index (χ0n) is 10.2. The number of nitrogens with one attached hydrogen (secondary N) is 1. The molecule has 2 rings (SSSR count). The molecule has 0 saturated carbocycles. The van der Waals surface area contributed by atoms with Gasteiger partial charge in [-0.2, -0.15) is 4.98 Å². The standard InChI is InChI=1S/C11H12BrN3O3S/c1-17-11(16)13-4-2-3-9-14-10(15-18-9)8-5-7(12)6-19-8/h5-6H,2-4H2,1H3,(H,13,16). The summed E-state index contributed by atoms with van der Waals surface area (Å²) in [7, 11) is 1.33. The molecule has 0 spiro atoms. The van der Waals surface area contributed by atoms with Crippen molar-refractivity contribution in [3.05, 3.63) is 21.8 Å². The molecule has 0 fully saturated rings. The molecule has 0 radical (unpaired) electrons. The largest absolute Gasteiger partial charge is 0.453 e. The highest BCUT2D eigenvalue weighted by atomic mass is 79.9. The molecule has 8 heteroatoms. The lowest BCUT2D eigenvalue weighted by molar-refractivity contribution is 0.171. The average Bonchev–Trinajstić information content (AvgIpc) is 3.03. The molecule has 19 heavy (non-hydrogen) atoms. The van der Waals surface area contributed by atoms with Crippen molar-refractivity contribution in [3.63, 3.8) is 0 Å². The lowest BCUT2D eigenvalue weighted by atomic mass is 10.3. The van der Waals surface area contributed by atoms with Crippen LogP contribution in [0.4, 0.5) is 4.79 Å². The van der Waals surface area contributed by atoms with Gasteiger partial charge in [0, 0.05) is 22.8 Å². The number of alkyl carbamates (subject to hydrolysis) is 1. The second kappa shape index (κ2) is 6.67. The molecule has 0 bridgehead atoms. The van der Waals surface area contributed by atoms with E-state index in [0.717, 1.165) is 9.35 Å². The van der Waals surface area contributed by atoms with E-state index < -0.39 is 6.09 Å². The van der Waals surface area contributed by atoms with Crippen LogP contribution in [0.1, 0.15) is 12.3 Å². The molecule has 0 aliphatic rings. The molecule has 0 aliphatic carbocycles. The summed E-state index contributed by atoms with van der Waals surface area (Å²) in [5, 5.41) is 8.47. The molecule has 0 aliphatic heterocycles. The summed E-state index contributed by atoms with van der Waals surface area (Å²) in [5.74, 6) is 1.15. The SMILES string of the molecule is COC(=O)NCCCc1nc(-c2cc(Br)cs2)no1. The van der Waals surface area contributed by atoms with Gasteiger partial charge in [0.15, 0.2) is 0 Å². The normalized spacial score (nSPS) is 10.4. The van der Waals surface area contributed by atoms with E-state index in [9.17, 15) is 4.79 Å². The minimum absolute atomic E-state index is 0.436. The highest BCUT2D eigenvalue weighted by molar-refractivity contribution is 9.10. The first-order chi connectivity index (χ1) is 9.19. The fraction of sp³-hybridized carbons (Fsp3) is 0.364. The first-order valence-corrected chi connectivity index (χ1v) is 7.25. The van der Waals surface area contributed by atoms with Crippen LogP contribution < -0.4 is 5.32 Å². The second-order valence-corrected chi connectivity index (χ2v) is 5.49. The Bertz CT molecular complexity index is 555. The Hall–Kier alpha value is -1.41. The number of thiophene rings is 1. The van der Waals surface area contributed by atoms with Crippen molar-refractivity contribution in [2.24, 2.45) is 0 Å². The summed E-state index contributed by atoms with van der Waals surface area (Å²) in [5.41, 5.74) is 0. The van der Waals surface area contributed by atoms with Gasteiger partial charge in [-0.3, -0.25) is 0 Å². The molecule has 1 amide bonds. The van der Waals surface area contributed by atoms with E-state index in [4.69, 9.17) is 4.52 Å². The fourth-order valence-electron chi connectivity index (χ4n) is 1.39. The summed E-state index contributed by atoms with van der Waals surface area (Å²) >= 11 is 4.93. The predicted molar refractivity (Wildman–Crippen MR) is 74.0 cm³/mol. The number of carbonyl (C=O) groups is 1. The Labute approximate surface area is 122 Å². The fourth-order valence-corrected chi connectivity index (χ4v) is 2.74. The highest BCUT2D eigenvalue weighted by Crippen LogP contribution is 2.27. The zero-order chi connectivity index (χ0) is 13.7. The van der Waals surface area contributed by atoms with Crippen LogP contribution in [-0.2, 0) is 11.2 Å². The van der Waals surface area contributed by atoms with Crippen LogP contribution in [0.2, 0.25) is 0 Å². The predicted octanol–water partition coefficient (Wildman–Crippen LogP) is 2.85. The van der Waals surface area contributed by atoms with Gasteiger partial charge in [-0.25, -0.2) is 4.79 Å². The summed E-state index contributed by atoms with van der Waals surface area (Å²) in [6, 6.07) is 1.94. The van der Waals surface area contributed by atoms with Gasteiger partial charge in [0.1, 0.15) is 0 Å². The van der Waals surface area contributed by atoms with Gasteiger partial charge < -0.3 is 14.6 Å². The molecule has 102 valence electrons. The van der Waals surface area contributed by atoms with Gasteiger partial charge in [0.2, 0.25) is 11.7 Å². The average molecular weight is 346 g/mol. The number of ether oxygens (including phenoxy) is 1. The van der Waals surface area contributed by atoms with Crippen molar-refractivity contribution >= 4 is 33.4 Å². The smallest absolute Gasteiger partial charge is 0.406 e. The van der Waals surface area contributed by atoms with E-state index in [2.05, 4.69) is 36.1 Å². The summed E-state index contributed by atoms with van der Waals surface area (Å²) in [6.45, 7) is 0.509. The van der Waals surface area contributed by atoms with Crippen LogP contribution in [0.5, 0.6) is 0 Å². The molecule has 0 unspecified atom stereocenters. The van der Waals surface area contributed by atoms with E-state index >= 15 is 0 Å². The third-order valence-electron chi connectivity index (χ3n) is 2.28. The second-order valence-electron chi connectivity index (χ2n) is 3.66. The molecule has 1 N–H and O–H groups in total. The maximum atomic E-state index is 10.8. The van der Waals surface area contributed by atoms with Crippen molar-refractivity contribution in [1.82, 2.24) is 15.5 Å². The maximum Gasteiger partial charge on any atom is 0.406 e. The Morgan fingerprint density at radius 3 is 3.16 bits per heavy atom.